The quantitative estimate of drug-likeness (QED) is 0.301. The van der Waals surface area contributed by atoms with Gasteiger partial charge < -0.3 is 25.0 Å². The molecule has 8 nitrogen and oxygen atoms in total. The van der Waals surface area contributed by atoms with Crippen LogP contribution in [0.2, 0.25) is 0 Å². The number of allylic oxidation sites excluding steroid dienone is 2. The van der Waals surface area contributed by atoms with Crippen LogP contribution in [-0.4, -0.2) is 64.6 Å². The van der Waals surface area contributed by atoms with Crippen LogP contribution in [0.5, 0.6) is 0 Å². The summed E-state index contributed by atoms with van der Waals surface area (Å²) in [5, 5.41) is 13.9. The number of carbonyl (C=O) groups is 3. The van der Waals surface area contributed by atoms with E-state index >= 15 is 0 Å². The predicted octanol–water partition coefficient (Wildman–Crippen LogP) is 3.94. The van der Waals surface area contributed by atoms with Gasteiger partial charge in [-0.2, -0.15) is 0 Å². The number of para-hydroxylation sites is 1. The molecule has 216 valence electrons. The molecule has 4 atom stereocenters. The Morgan fingerprint density at radius 2 is 1.73 bits per heavy atom. The zero-order chi connectivity index (χ0) is 28.6. The number of fused-ring (bicyclic) bond motifs is 1. The lowest BCUT2D eigenvalue weighted by Crippen LogP contribution is -2.45. The first-order chi connectivity index (χ1) is 20.0. The third-order valence-electron chi connectivity index (χ3n) is 8.28. The maximum Gasteiger partial charge on any atom is 0.309 e. The number of aromatic nitrogens is 1. The monoisotopic (exact) mass is 557 g/mol. The normalized spacial score (nSPS) is 24.0. The number of rotatable bonds is 7. The molecule has 5 rings (SSSR count). The largest absolute Gasteiger partial charge is 0.463 e. The number of nitrogens with one attached hydrogen (secondary N) is 2. The second-order valence-electron chi connectivity index (χ2n) is 11.2. The van der Waals surface area contributed by atoms with Crippen molar-refractivity contribution >= 4 is 28.7 Å². The van der Waals surface area contributed by atoms with Crippen LogP contribution in [-0.2, 0) is 32.0 Å². The average Bonchev–Trinajstić information content (AvgIpc) is 3.64. The lowest BCUT2D eigenvalue weighted by Gasteiger charge is -2.27. The van der Waals surface area contributed by atoms with Gasteiger partial charge in [0.25, 0.3) is 0 Å². The van der Waals surface area contributed by atoms with Gasteiger partial charge in [-0.25, -0.2) is 0 Å². The molecule has 2 aliphatic heterocycles. The molecule has 8 heteroatoms. The van der Waals surface area contributed by atoms with Crippen LogP contribution in [0.15, 0.2) is 72.9 Å². The summed E-state index contributed by atoms with van der Waals surface area (Å²) in [5.41, 5.74) is 3.08. The molecule has 2 amide bonds. The highest BCUT2D eigenvalue weighted by atomic mass is 16.5. The Labute approximate surface area is 240 Å². The standard InChI is InChI=1S/C33H39N3O5/c37-21-28-13-8-16-36(28)31(38)19-24-11-4-5-12-25(17-23-9-2-1-3-10-23)33(40)41-22-27(35-32(24)39)18-26-20-34-30-15-7-6-14-29(26)30/h1-7,9-10,14-15,20,24-25,27-28,34,37H,8,11-13,16-19,21-22H2,(H,35,39). The van der Waals surface area contributed by atoms with Crippen molar-refractivity contribution in [3.63, 3.8) is 0 Å². The van der Waals surface area contributed by atoms with E-state index in [4.69, 9.17) is 4.74 Å². The molecule has 0 aliphatic carbocycles. The number of esters is 1. The zero-order valence-electron chi connectivity index (χ0n) is 23.3. The number of likely N-dealkylation sites (tertiary alicyclic amines) is 1. The van der Waals surface area contributed by atoms with Crippen LogP contribution in [0, 0.1) is 11.8 Å². The fourth-order valence-electron chi connectivity index (χ4n) is 5.98. The molecular formula is C33H39N3O5. The number of aliphatic hydroxyl groups excluding tert-OH is 1. The van der Waals surface area contributed by atoms with Crippen LogP contribution >= 0.6 is 0 Å². The fourth-order valence-corrected chi connectivity index (χ4v) is 5.98. The Balaban J connectivity index is 1.37. The molecule has 3 heterocycles. The number of amides is 2. The van der Waals surface area contributed by atoms with Gasteiger partial charge in [0.1, 0.15) is 6.61 Å². The van der Waals surface area contributed by atoms with Crippen molar-refractivity contribution in [2.75, 3.05) is 19.8 Å². The van der Waals surface area contributed by atoms with E-state index in [9.17, 15) is 19.5 Å². The molecule has 2 aliphatic rings. The summed E-state index contributed by atoms with van der Waals surface area (Å²) in [5.74, 6) is -1.54. The van der Waals surface area contributed by atoms with Gasteiger partial charge in [-0.3, -0.25) is 14.4 Å². The van der Waals surface area contributed by atoms with Crippen molar-refractivity contribution in [2.24, 2.45) is 11.8 Å². The van der Waals surface area contributed by atoms with E-state index in [1.54, 1.807) is 4.90 Å². The zero-order valence-corrected chi connectivity index (χ0v) is 23.3. The van der Waals surface area contributed by atoms with Gasteiger partial charge in [0, 0.05) is 30.1 Å². The molecule has 0 radical (unpaired) electrons. The molecule has 3 aromatic rings. The smallest absolute Gasteiger partial charge is 0.309 e. The second kappa shape index (κ2) is 13.6. The van der Waals surface area contributed by atoms with E-state index in [-0.39, 0.29) is 49.4 Å². The number of nitrogens with zero attached hydrogens (tertiary/aromatic N) is 1. The highest BCUT2D eigenvalue weighted by Gasteiger charge is 2.32. The maximum atomic E-state index is 13.6. The predicted molar refractivity (Wildman–Crippen MR) is 157 cm³/mol. The van der Waals surface area contributed by atoms with Crippen LogP contribution in [0.4, 0.5) is 0 Å². The van der Waals surface area contributed by atoms with Gasteiger partial charge in [-0.05, 0) is 55.7 Å². The van der Waals surface area contributed by atoms with E-state index in [2.05, 4.69) is 10.3 Å². The minimum atomic E-state index is -0.563. The number of ether oxygens (including phenoxy) is 1. The molecule has 1 aromatic heterocycles. The maximum absolute atomic E-state index is 13.6. The molecule has 41 heavy (non-hydrogen) atoms. The van der Waals surface area contributed by atoms with Crippen molar-refractivity contribution in [1.82, 2.24) is 15.2 Å². The Kier molecular flexibility index (Phi) is 9.51. The van der Waals surface area contributed by atoms with E-state index < -0.39 is 12.0 Å². The van der Waals surface area contributed by atoms with Gasteiger partial charge in [0.05, 0.1) is 30.5 Å². The average molecular weight is 558 g/mol. The molecule has 1 saturated heterocycles. The first-order valence-electron chi connectivity index (χ1n) is 14.6. The Hall–Kier alpha value is -3.91. The highest BCUT2D eigenvalue weighted by Crippen LogP contribution is 2.24. The van der Waals surface area contributed by atoms with Gasteiger partial charge in [-0.15, -0.1) is 0 Å². The number of carbonyl (C=O) groups excluding carboxylic acids is 3. The number of hydrogen-bond acceptors (Lipinski definition) is 5. The molecule has 1 fully saturated rings. The molecule has 0 saturated carbocycles. The van der Waals surface area contributed by atoms with E-state index in [0.29, 0.717) is 32.2 Å². The highest BCUT2D eigenvalue weighted by molar-refractivity contribution is 5.87. The SMILES string of the molecule is O=C1NC(Cc2c[nH]c3ccccc23)COC(=O)C(Cc2ccccc2)CC=CCC1CC(=O)N1CCCC1CO. The van der Waals surface area contributed by atoms with Crippen molar-refractivity contribution in [1.29, 1.82) is 0 Å². The molecule has 4 unspecified atom stereocenters. The summed E-state index contributed by atoms with van der Waals surface area (Å²) < 4.78 is 5.85. The van der Waals surface area contributed by atoms with Gasteiger partial charge in [0.15, 0.2) is 0 Å². The third-order valence-corrected chi connectivity index (χ3v) is 8.28. The Morgan fingerprint density at radius 1 is 0.976 bits per heavy atom. The molecule has 0 spiro atoms. The van der Waals surface area contributed by atoms with Crippen molar-refractivity contribution < 1.29 is 24.2 Å². The Morgan fingerprint density at radius 3 is 2.54 bits per heavy atom. The van der Waals surface area contributed by atoms with Gasteiger partial charge in [0.2, 0.25) is 11.8 Å². The Bertz CT molecular complexity index is 1370. The summed E-state index contributed by atoms with van der Waals surface area (Å²) in [4.78, 5) is 45.1. The minimum Gasteiger partial charge on any atom is -0.463 e. The van der Waals surface area contributed by atoms with Crippen LogP contribution in [0.25, 0.3) is 10.9 Å². The van der Waals surface area contributed by atoms with Gasteiger partial charge >= 0.3 is 5.97 Å². The summed E-state index contributed by atoms with van der Waals surface area (Å²) in [6, 6.07) is 17.2. The molecule has 2 aromatic carbocycles. The summed E-state index contributed by atoms with van der Waals surface area (Å²) in [6.45, 7) is 0.580. The van der Waals surface area contributed by atoms with Crippen LogP contribution in [0.1, 0.15) is 43.2 Å². The lowest BCUT2D eigenvalue weighted by atomic mass is 9.94. The van der Waals surface area contributed by atoms with E-state index in [0.717, 1.165) is 34.9 Å². The van der Waals surface area contributed by atoms with E-state index in [1.165, 1.54) is 0 Å². The third kappa shape index (κ3) is 7.24. The topological polar surface area (TPSA) is 112 Å². The van der Waals surface area contributed by atoms with Crippen molar-refractivity contribution in [2.45, 2.75) is 57.0 Å². The number of aromatic amines is 1. The lowest BCUT2D eigenvalue weighted by molar-refractivity contribution is -0.150. The van der Waals surface area contributed by atoms with Crippen molar-refractivity contribution in [3.05, 3.63) is 84.1 Å². The fraction of sp³-hybridized carbons (Fsp3) is 0.424. The number of benzene rings is 2. The van der Waals surface area contributed by atoms with Crippen LogP contribution < -0.4 is 5.32 Å². The molecular weight excluding hydrogens is 518 g/mol. The van der Waals surface area contributed by atoms with Crippen LogP contribution in [0.3, 0.4) is 0 Å². The summed E-state index contributed by atoms with van der Waals surface area (Å²) in [6.07, 6.45) is 9.38. The summed E-state index contributed by atoms with van der Waals surface area (Å²) in [7, 11) is 0. The van der Waals surface area contributed by atoms with E-state index in [1.807, 2.05) is 72.9 Å². The number of aliphatic hydroxyl groups is 1. The number of H-pyrrole nitrogens is 1. The number of cyclic esters (lactones) is 1. The van der Waals surface area contributed by atoms with Crippen molar-refractivity contribution in [3.8, 4) is 0 Å². The second-order valence-corrected chi connectivity index (χ2v) is 11.2. The first kappa shape index (κ1) is 28.6. The van der Waals surface area contributed by atoms with Gasteiger partial charge in [-0.1, -0.05) is 60.7 Å². The minimum absolute atomic E-state index is 0.0401. The first-order valence-corrected chi connectivity index (χ1v) is 14.6. The molecule has 3 N–H and O–H groups in total. The number of hydrogen-bond donors (Lipinski definition) is 3. The molecule has 0 bridgehead atoms. The summed E-state index contributed by atoms with van der Waals surface area (Å²) >= 11 is 0.